The van der Waals surface area contributed by atoms with Crippen LogP contribution in [-0.2, 0) is 0 Å². The second-order valence-corrected chi connectivity index (χ2v) is 7.69. The average Bonchev–Trinajstić information content (AvgIpc) is 3.03. The maximum absolute atomic E-state index is 12.5. The van der Waals surface area contributed by atoms with Gasteiger partial charge in [-0.3, -0.25) is 10.2 Å². The summed E-state index contributed by atoms with van der Waals surface area (Å²) < 4.78 is 0.685. The standard InChI is InChI=1S/C18H16Cl2N4OS/c1-9(2)23-24-18-22-15-12(19)8-13(14(20)16(15)26-18)21-17(25)11-6-4-10(3)5-7-11/h4-8H,1-3H3,(H,21,25)(H,22,24). The summed E-state index contributed by atoms with van der Waals surface area (Å²) >= 11 is 14.1. The number of hydrogen-bond acceptors (Lipinski definition) is 5. The molecule has 26 heavy (non-hydrogen) atoms. The number of carbonyl (C=O) groups excluding carboxylic acids is 1. The number of aromatic nitrogens is 1. The molecule has 3 rings (SSSR count). The van der Waals surface area contributed by atoms with Gasteiger partial charge in [-0.2, -0.15) is 5.10 Å². The molecule has 0 fully saturated rings. The van der Waals surface area contributed by atoms with E-state index in [1.165, 1.54) is 11.3 Å². The molecule has 0 unspecified atom stereocenters. The molecule has 0 spiro atoms. The van der Waals surface area contributed by atoms with Crippen molar-refractivity contribution in [3.8, 4) is 0 Å². The molecule has 0 atom stereocenters. The second-order valence-electron chi connectivity index (χ2n) is 5.91. The third-order valence-corrected chi connectivity index (χ3v) is 5.27. The van der Waals surface area contributed by atoms with Gasteiger partial charge in [-0.05, 0) is 39.0 Å². The van der Waals surface area contributed by atoms with E-state index < -0.39 is 0 Å². The Morgan fingerprint density at radius 1 is 1.19 bits per heavy atom. The highest BCUT2D eigenvalue weighted by atomic mass is 35.5. The number of fused-ring (bicyclic) bond motifs is 1. The van der Waals surface area contributed by atoms with Gasteiger partial charge in [0, 0.05) is 11.3 Å². The highest BCUT2D eigenvalue weighted by Gasteiger charge is 2.17. The van der Waals surface area contributed by atoms with Gasteiger partial charge in [-0.25, -0.2) is 4.98 Å². The number of rotatable bonds is 4. The van der Waals surface area contributed by atoms with Crippen molar-refractivity contribution in [3.63, 3.8) is 0 Å². The number of aryl methyl sites for hydroxylation is 1. The van der Waals surface area contributed by atoms with Crippen molar-refractivity contribution in [1.29, 1.82) is 0 Å². The summed E-state index contributed by atoms with van der Waals surface area (Å²) in [5.41, 5.74) is 6.38. The number of nitrogens with one attached hydrogen (secondary N) is 2. The molecule has 0 saturated carbocycles. The monoisotopic (exact) mass is 406 g/mol. The van der Waals surface area contributed by atoms with Crippen LogP contribution in [0.5, 0.6) is 0 Å². The van der Waals surface area contributed by atoms with Crippen LogP contribution in [0.25, 0.3) is 10.2 Å². The summed E-state index contributed by atoms with van der Waals surface area (Å²) in [6.45, 7) is 5.71. The second kappa shape index (κ2) is 7.61. The minimum Gasteiger partial charge on any atom is -0.321 e. The highest BCUT2D eigenvalue weighted by Crippen LogP contribution is 2.41. The highest BCUT2D eigenvalue weighted by molar-refractivity contribution is 7.23. The maximum Gasteiger partial charge on any atom is 0.255 e. The number of anilines is 2. The maximum atomic E-state index is 12.5. The molecule has 1 amide bonds. The van der Waals surface area contributed by atoms with E-state index in [1.807, 2.05) is 32.9 Å². The fraction of sp³-hybridized carbons (Fsp3) is 0.167. The Morgan fingerprint density at radius 3 is 2.54 bits per heavy atom. The summed E-state index contributed by atoms with van der Waals surface area (Å²) in [6.07, 6.45) is 0. The van der Waals surface area contributed by atoms with E-state index in [2.05, 4.69) is 20.8 Å². The van der Waals surface area contributed by atoms with E-state index in [9.17, 15) is 4.79 Å². The Bertz CT molecular complexity index is 1010. The van der Waals surface area contributed by atoms with Crippen LogP contribution in [0.4, 0.5) is 10.8 Å². The van der Waals surface area contributed by atoms with Crippen LogP contribution in [0.15, 0.2) is 35.4 Å². The van der Waals surface area contributed by atoms with Crippen LogP contribution < -0.4 is 10.7 Å². The third-order valence-electron chi connectivity index (χ3n) is 3.50. The Hall–Kier alpha value is -2.15. The van der Waals surface area contributed by atoms with Crippen molar-refractivity contribution in [2.45, 2.75) is 20.8 Å². The molecule has 3 aromatic rings. The average molecular weight is 407 g/mol. The van der Waals surface area contributed by atoms with Crippen molar-refractivity contribution in [1.82, 2.24) is 4.98 Å². The number of benzene rings is 2. The van der Waals surface area contributed by atoms with Crippen LogP contribution in [0.2, 0.25) is 10.0 Å². The third kappa shape index (κ3) is 3.98. The normalized spacial score (nSPS) is 10.7. The van der Waals surface area contributed by atoms with Crippen LogP contribution >= 0.6 is 34.5 Å². The van der Waals surface area contributed by atoms with E-state index in [-0.39, 0.29) is 5.91 Å². The summed E-state index contributed by atoms with van der Waals surface area (Å²) in [5, 5.41) is 8.32. The summed E-state index contributed by atoms with van der Waals surface area (Å²) in [7, 11) is 0. The minimum atomic E-state index is -0.253. The van der Waals surface area contributed by atoms with Gasteiger partial charge in [0.1, 0.15) is 5.52 Å². The zero-order chi connectivity index (χ0) is 18.8. The fourth-order valence-corrected chi connectivity index (χ4v) is 3.69. The first-order valence-electron chi connectivity index (χ1n) is 7.78. The fourth-order valence-electron chi connectivity index (χ4n) is 2.21. The number of carbonyl (C=O) groups is 1. The van der Waals surface area contributed by atoms with Crippen molar-refractivity contribution < 1.29 is 4.79 Å². The van der Waals surface area contributed by atoms with Crippen LogP contribution in [0.1, 0.15) is 29.8 Å². The molecule has 8 heteroatoms. The van der Waals surface area contributed by atoms with Gasteiger partial charge >= 0.3 is 0 Å². The minimum absolute atomic E-state index is 0.253. The molecular formula is C18H16Cl2N4OS. The first kappa shape index (κ1) is 18.6. The van der Waals surface area contributed by atoms with Gasteiger partial charge in [-0.1, -0.05) is 52.2 Å². The SMILES string of the molecule is CC(C)=NNc1nc2c(Cl)cc(NC(=O)c3ccc(C)cc3)c(Cl)c2s1. The van der Waals surface area contributed by atoms with Gasteiger partial charge in [0.2, 0.25) is 5.13 Å². The summed E-state index contributed by atoms with van der Waals surface area (Å²) in [6, 6.07) is 8.89. The first-order chi connectivity index (χ1) is 12.3. The lowest BCUT2D eigenvalue weighted by atomic mass is 10.1. The molecular weight excluding hydrogens is 391 g/mol. The van der Waals surface area contributed by atoms with Gasteiger partial charge in [0.15, 0.2) is 0 Å². The number of amides is 1. The number of hydrazone groups is 1. The molecule has 0 saturated heterocycles. The number of nitrogens with zero attached hydrogens (tertiary/aromatic N) is 2. The predicted octanol–water partition coefficient (Wildman–Crippen LogP) is 5.97. The lowest BCUT2D eigenvalue weighted by Gasteiger charge is -2.09. The van der Waals surface area contributed by atoms with Crippen molar-refractivity contribution >= 4 is 67.2 Å². The molecule has 0 radical (unpaired) electrons. The molecule has 5 nitrogen and oxygen atoms in total. The van der Waals surface area contributed by atoms with Crippen molar-refractivity contribution in [2.75, 3.05) is 10.7 Å². The smallest absolute Gasteiger partial charge is 0.255 e. The van der Waals surface area contributed by atoms with Gasteiger partial charge in [-0.15, -0.1) is 0 Å². The van der Waals surface area contributed by atoms with E-state index in [1.54, 1.807) is 18.2 Å². The van der Waals surface area contributed by atoms with E-state index in [4.69, 9.17) is 23.2 Å². The van der Waals surface area contributed by atoms with Crippen molar-refractivity contribution in [2.24, 2.45) is 5.10 Å². The number of hydrogen-bond donors (Lipinski definition) is 2. The quantitative estimate of drug-likeness (QED) is 0.414. The molecule has 1 aromatic heterocycles. The number of halogens is 2. The zero-order valence-electron chi connectivity index (χ0n) is 14.4. The Kier molecular flexibility index (Phi) is 5.46. The molecule has 2 aromatic carbocycles. The van der Waals surface area contributed by atoms with Gasteiger partial charge < -0.3 is 5.32 Å². The lowest BCUT2D eigenvalue weighted by Crippen LogP contribution is -2.12. The molecule has 1 heterocycles. The van der Waals surface area contributed by atoms with Crippen LogP contribution in [-0.4, -0.2) is 16.6 Å². The zero-order valence-corrected chi connectivity index (χ0v) is 16.7. The lowest BCUT2D eigenvalue weighted by molar-refractivity contribution is 0.102. The van der Waals surface area contributed by atoms with E-state index >= 15 is 0 Å². The Labute approximate surface area is 165 Å². The molecule has 0 aliphatic heterocycles. The van der Waals surface area contributed by atoms with Crippen molar-refractivity contribution in [3.05, 3.63) is 51.5 Å². The molecule has 0 aliphatic carbocycles. The first-order valence-corrected chi connectivity index (χ1v) is 9.36. The van der Waals surface area contributed by atoms with Gasteiger partial charge in [0.05, 0.1) is 20.4 Å². The van der Waals surface area contributed by atoms with Gasteiger partial charge in [0.25, 0.3) is 5.91 Å². The Morgan fingerprint density at radius 2 is 1.88 bits per heavy atom. The Balaban J connectivity index is 1.93. The van der Waals surface area contributed by atoms with E-state index in [0.717, 1.165) is 11.3 Å². The molecule has 2 N–H and O–H groups in total. The van der Waals surface area contributed by atoms with Crippen LogP contribution in [0, 0.1) is 6.92 Å². The van der Waals surface area contributed by atoms with Crippen LogP contribution in [0.3, 0.4) is 0 Å². The largest absolute Gasteiger partial charge is 0.321 e. The molecule has 134 valence electrons. The molecule has 0 bridgehead atoms. The van der Waals surface area contributed by atoms with E-state index in [0.29, 0.717) is 36.6 Å². The topological polar surface area (TPSA) is 66.4 Å². The summed E-state index contributed by atoms with van der Waals surface area (Å²) in [5.74, 6) is -0.253. The number of thiazole rings is 1. The predicted molar refractivity (Wildman–Crippen MR) is 111 cm³/mol. The molecule has 0 aliphatic rings. The summed E-state index contributed by atoms with van der Waals surface area (Å²) in [4.78, 5) is 16.9.